The molecule has 0 unspecified atom stereocenters. The van der Waals surface area contributed by atoms with Gasteiger partial charge in [0, 0.05) is 17.7 Å². The van der Waals surface area contributed by atoms with Crippen molar-refractivity contribution in [1.82, 2.24) is 0 Å². The van der Waals surface area contributed by atoms with E-state index in [-0.39, 0.29) is 44.8 Å². The summed E-state index contributed by atoms with van der Waals surface area (Å²) in [5, 5.41) is 52.2. The molecule has 0 saturated heterocycles. The highest BCUT2D eigenvalue weighted by molar-refractivity contribution is 5.88. The van der Waals surface area contributed by atoms with E-state index in [9.17, 15) is 35.1 Å². The summed E-state index contributed by atoms with van der Waals surface area (Å²) in [5.74, 6) is -3.34. The minimum atomic E-state index is -1.50. The summed E-state index contributed by atoms with van der Waals surface area (Å²) in [5.41, 5.74) is -3.17. The SMILES string of the molecule is O=c1oc2cc(O)ccc2c(O)c1C(c1ccccc1O)c1c(O)c2ccc(O)cc2oc1=O. The lowest BCUT2D eigenvalue weighted by atomic mass is 9.84. The van der Waals surface area contributed by atoms with Crippen LogP contribution in [0.3, 0.4) is 0 Å². The number of aromatic hydroxyl groups is 5. The van der Waals surface area contributed by atoms with E-state index in [2.05, 4.69) is 0 Å². The predicted molar refractivity (Wildman–Crippen MR) is 121 cm³/mol. The van der Waals surface area contributed by atoms with Gasteiger partial charge in [-0.2, -0.15) is 0 Å². The minimum absolute atomic E-state index is 0.0176. The second-order valence-electron chi connectivity index (χ2n) is 7.66. The smallest absolute Gasteiger partial charge is 0.344 e. The molecule has 34 heavy (non-hydrogen) atoms. The van der Waals surface area contributed by atoms with Crippen molar-refractivity contribution in [2.75, 3.05) is 0 Å². The largest absolute Gasteiger partial charge is 0.508 e. The third-order valence-electron chi connectivity index (χ3n) is 5.62. The summed E-state index contributed by atoms with van der Waals surface area (Å²) in [6, 6.07) is 13.3. The molecule has 0 spiro atoms. The van der Waals surface area contributed by atoms with Crippen LogP contribution in [0.15, 0.2) is 79.1 Å². The third kappa shape index (κ3) is 3.18. The van der Waals surface area contributed by atoms with Crippen molar-refractivity contribution < 1.29 is 34.4 Å². The van der Waals surface area contributed by atoms with E-state index >= 15 is 0 Å². The maximum absolute atomic E-state index is 13.1. The van der Waals surface area contributed by atoms with Gasteiger partial charge in [0.2, 0.25) is 0 Å². The summed E-state index contributed by atoms with van der Waals surface area (Å²) in [7, 11) is 0. The van der Waals surface area contributed by atoms with E-state index in [1.54, 1.807) is 0 Å². The third-order valence-corrected chi connectivity index (χ3v) is 5.62. The Morgan fingerprint density at radius 2 is 1.09 bits per heavy atom. The number of phenols is 3. The average Bonchev–Trinajstić information content (AvgIpc) is 2.78. The van der Waals surface area contributed by atoms with Gasteiger partial charge in [0.15, 0.2) is 0 Å². The van der Waals surface area contributed by atoms with Gasteiger partial charge in [-0.1, -0.05) is 18.2 Å². The van der Waals surface area contributed by atoms with Crippen LogP contribution in [-0.2, 0) is 0 Å². The molecule has 0 saturated carbocycles. The topological polar surface area (TPSA) is 162 Å². The molecular formula is C25H16O9. The molecule has 9 heteroatoms. The Balaban J connectivity index is 1.92. The molecule has 0 atom stereocenters. The average molecular weight is 460 g/mol. The van der Waals surface area contributed by atoms with Crippen molar-refractivity contribution in [2.45, 2.75) is 5.92 Å². The first-order valence-corrected chi connectivity index (χ1v) is 10.0. The summed E-state index contributed by atoms with van der Waals surface area (Å²) in [6.07, 6.45) is 0. The van der Waals surface area contributed by atoms with Gasteiger partial charge in [0.05, 0.1) is 27.8 Å². The zero-order valence-corrected chi connectivity index (χ0v) is 17.2. The van der Waals surface area contributed by atoms with Gasteiger partial charge in [0.1, 0.15) is 39.9 Å². The summed E-state index contributed by atoms with van der Waals surface area (Å²) >= 11 is 0. The highest BCUT2D eigenvalue weighted by atomic mass is 16.4. The number of hydrogen-bond donors (Lipinski definition) is 5. The van der Waals surface area contributed by atoms with E-state index in [4.69, 9.17) is 8.83 Å². The monoisotopic (exact) mass is 460 g/mol. The first kappa shape index (κ1) is 21.0. The fourth-order valence-corrected chi connectivity index (χ4v) is 4.07. The number of benzene rings is 3. The molecule has 0 amide bonds. The Bertz CT molecular complexity index is 1610. The number of fused-ring (bicyclic) bond motifs is 2. The molecule has 9 nitrogen and oxygen atoms in total. The molecule has 0 fully saturated rings. The molecule has 5 rings (SSSR count). The van der Waals surface area contributed by atoms with E-state index in [1.165, 1.54) is 48.5 Å². The molecule has 5 aromatic rings. The van der Waals surface area contributed by atoms with Crippen molar-refractivity contribution in [2.24, 2.45) is 0 Å². The Kier molecular flexibility index (Phi) is 4.68. The summed E-state index contributed by atoms with van der Waals surface area (Å²) in [6.45, 7) is 0. The normalized spacial score (nSPS) is 11.4. The lowest BCUT2D eigenvalue weighted by molar-refractivity contribution is 0.434. The maximum atomic E-state index is 13.1. The van der Waals surface area contributed by atoms with Gasteiger partial charge in [0.25, 0.3) is 0 Å². The van der Waals surface area contributed by atoms with Crippen LogP contribution in [0.4, 0.5) is 0 Å². The number of rotatable bonds is 3. The standard InChI is InChI=1S/C25H16O9/c26-11-5-7-14-17(9-11)33-24(31)20(22(14)29)19(13-3-1-2-4-16(13)28)21-23(30)15-8-6-12(27)10-18(15)34-25(21)32/h1-10,19,26-30H. The lowest BCUT2D eigenvalue weighted by Crippen LogP contribution is -2.21. The molecule has 5 N–H and O–H groups in total. The van der Waals surface area contributed by atoms with Crippen LogP contribution >= 0.6 is 0 Å². The van der Waals surface area contributed by atoms with E-state index in [0.717, 1.165) is 12.1 Å². The fraction of sp³-hybridized carbons (Fsp3) is 0.0400. The molecule has 0 radical (unpaired) electrons. The van der Waals surface area contributed by atoms with Crippen LogP contribution in [0.1, 0.15) is 22.6 Å². The van der Waals surface area contributed by atoms with Gasteiger partial charge in [-0.25, -0.2) is 9.59 Å². The molecule has 3 aromatic carbocycles. The Hall–Kier alpha value is -4.92. The van der Waals surface area contributed by atoms with Crippen LogP contribution in [0.5, 0.6) is 28.7 Å². The Morgan fingerprint density at radius 1 is 0.618 bits per heavy atom. The number of hydrogen-bond acceptors (Lipinski definition) is 9. The number of phenolic OH excluding ortho intramolecular Hbond substituents is 3. The van der Waals surface area contributed by atoms with Crippen LogP contribution in [-0.4, -0.2) is 25.5 Å². The van der Waals surface area contributed by atoms with Gasteiger partial charge in [-0.15, -0.1) is 0 Å². The molecule has 170 valence electrons. The maximum Gasteiger partial charge on any atom is 0.344 e. The molecule has 2 heterocycles. The highest BCUT2D eigenvalue weighted by Gasteiger charge is 2.34. The van der Waals surface area contributed by atoms with Crippen molar-refractivity contribution in [3.63, 3.8) is 0 Å². The molecular weight excluding hydrogens is 444 g/mol. The van der Waals surface area contributed by atoms with Crippen LogP contribution in [0.2, 0.25) is 0 Å². The van der Waals surface area contributed by atoms with Crippen LogP contribution in [0.25, 0.3) is 21.9 Å². The van der Waals surface area contributed by atoms with Gasteiger partial charge >= 0.3 is 11.3 Å². The van der Waals surface area contributed by atoms with Gasteiger partial charge in [-0.3, -0.25) is 0 Å². The minimum Gasteiger partial charge on any atom is -0.508 e. The van der Waals surface area contributed by atoms with E-state index < -0.39 is 39.8 Å². The lowest BCUT2D eigenvalue weighted by Gasteiger charge is -2.20. The van der Waals surface area contributed by atoms with Gasteiger partial charge in [-0.05, 0) is 30.3 Å². The molecule has 2 aromatic heterocycles. The van der Waals surface area contributed by atoms with Crippen molar-refractivity contribution in [3.8, 4) is 28.7 Å². The quantitative estimate of drug-likeness (QED) is 0.253. The van der Waals surface area contributed by atoms with Crippen LogP contribution < -0.4 is 11.3 Å². The first-order chi connectivity index (χ1) is 16.3. The van der Waals surface area contributed by atoms with Crippen molar-refractivity contribution >= 4 is 21.9 Å². The zero-order valence-electron chi connectivity index (χ0n) is 17.2. The highest BCUT2D eigenvalue weighted by Crippen LogP contribution is 2.44. The molecule has 0 aliphatic rings. The van der Waals surface area contributed by atoms with Crippen molar-refractivity contribution in [1.29, 1.82) is 0 Å². The van der Waals surface area contributed by atoms with Crippen molar-refractivity contribution in [3.05, 3.63) is 98.2 Å². The summed E-state index contributed by atoms with van der Waals surface area (Å²) in [4.78, 5) is 26.1. The predicted octanol–water partition coefficient (Wildman–Crippen LogP) is 3.61. The second kappa shape index (κ2) is 7.59. The molecule has 0 aliphatic carbocycles. The summed E-state index contributed by atoms with van der Waals surface area (Å²) < 4.78 is 10.6. The second-order valence-corrected chi connectivity index (χ2v) is 7.66. The number of para-hydroxylation sites is 1. The van der Waals surface area contributed by atoms with Crippen LogP contribution in [0, 0.1) is 0 Å². The van der Waals surface area contributed by atoms with Gasteiger partial charge < -0.3 is 34.4 Å². The van der Waals surface area contributed by atoms with E-state index in [1.807, 2.05) is 0 Å². The molecule has 0 aliphatic heterocycles. The Labute approximate surface area is 189 Å². The first-order valence-electron chi connectivity index (χ1n) is 10.0. The zero-order chi connectivity index (χ0) is 24.1. The van der Waals surface area contributed by atoms with E-state index in [0.29, 0.717) is 0 Å². The fourth-order valence-electron chi connectivity index (χ4n) is 4.07. The Morgan fingerprint density at radius 3 is 1.56 bits per heavy atom. The molecule has 0 bridgehead atoms.